The van der Waals surface area contributed by atoms with Gasteiger partial charge < -0.3 is 103 Å². The first-order chi connectivity index (χ1) is 37.2. The van der Waals surface area contributed by atoms with Crippen LogP contribution in [0.5, 0.6) is 5.75 Å². The van der Waals surface area contributed by atoms with E-state index in [9.17, 15) is 53.4 Å². The maximum Gasteiger partial charge on any atom is 0.352 e. The van der Waals surface area contributed by atoms with Crippen LogP contribution in [0, 0.1) is 0 Å². The van der Waals surface area contributed by atoms with Gasteiger partial charge in [0.25, 0.3) is 0 Å². The SMILES string of the molecule is COc1ccc(C[C@H](NC(=O)[C@@H]2CCCN2C(=O)[C@@H](CCCN)NC(=O)CNC(=O)[C@H](CCCN)NC(=O)[C@@H](NC(=O)[C@@H](N)CCCCN)[C@@H](O)CN)C(=O)N[C@@H](CCCCN)C(=O)N/C(=C\CCN=C(N)N)C(=O)O)cc1. The summed E-state index contributed by atoms with van der Waals surface area (Å²) in [5.74, 6) is -7.50. The normalized spacial score (nSPS) is 15.9. The maximum atomic E-state index is 14.3. The number of aliphatic hydroxyl groups excluding tert-OH is 1. The Kier molecular flexibility index (Phi) is 31.7. The number of benzene rings is 1. The number of carboxylic acids is 1. The zero-order valence-electron chi connectivity index (χ0n) is 44.6. The zero-order chi connectivity index (χ0) is 58.2. The highest BCUT2D eigenvalue weighted by molar-refractivity contribution is 5.99. The van der Waals surface area contributed by atoms with E-state index in [0.717, 1.165) is 0 Å². The van der Waals surface area contributed by atoms with Crippen molar-refractivity contribution >= 4 is 59.2 Å². The minimum atomic E-state index is -1.59. The number of carbonyl (C=O) groups excluding carboxylic acids is 8. The molecule has 1 aliphatic rings. The molecule has 8 amide bonds. The van der Waals surface area contributed by atoms with Crippen molar-refractivity contribution in [1.82, 2.24) is 42.1 Å². The molecule has 0 spiro atoms. The first-order valence-electron chi connectivity index (χ1n) is 26.2. The molecule has 0 unspecified atom stereocenters. The summed E-state index contributed by atoms with van der Waals surface area (Å²) in [6, 6.07) is -2.26. The van der Waals surface area contributed by atoms with Crippen LogP contribution >= 0.6 is 0 Å². The predicted octanol–water partition coefficient (Wildman–Crippen LogP) is -6.10. The van der Waals surface area contributed by atoms with E-state index >= 15 is 0 Å². The highest BCUT2D eigenvalue weighted by atomic mass is 16.5. The van der Waals surface area contributed by atoms with Crippen LogP contribution in [0.4, 0.5) is 0 Å². The summed E-state index contributed by atoms with van der Waals surface area (Å²) < 4.78 is 5.27. The summed E-state index contributed by atoms with van der Waals surface area (Å²) in [5, 5.41) is 38.1. The Bertz CT molecular complexity index is 2160. The minimum absolute atomic E-state index is 0.00803. The first-order valence-corrected chi connectivity index (χ1v) is 26.2. The number of likely N-dealkylation sites (tertiary alicyclic amines) is 1. The van der Waals surface area contributed by atoms with Crippen LogP contribution in [0.1, 0.15) is 89.0 Å². The number of amides is 8. The van der Waals surface area contributed by atoms with Gasteiger partial charge in [0.2, 0.25) is 47.3 Å². The summed E-state index contributed by atoms with van der Waals surface area (Å²) in [4.78, 5) is 127. The number of aliphatic carboxylic acids is 1. The molecule has 1 saturated heterocycles. The molecule has 2 rings (SSSR count). The average molecular weight is 1100 g/mol. The highest BCUT2D eigenvalue weighted by Crippen LogP contribution is 2.21. The van der Waals surface area contributed by atoms with Crippen molar-refractivity contribution < 1.29 is 58.1 Å². The lowest BCUT2D eigenvalue weighted by Gasteiger charge is -2.30. The van der Waals surface area contributed by atoms with Crippen LogP contribution in [0.2, 0.25) is 0 Å². The van der Waals surface area contributed by atoms with Crippen molar-refractivity contribution in [3.05, 3.63) is 41.6 Å². The second-order valence-corrected chi connectivity index (χ2v) is 18.6. The molecule has 8 atom stereocenters. The Morgan fingerprint density at radius 1 is 0.718 bits per heavy atom. The number of nitrogens with two attached hydrogens (primary N) is 8. The molecule has 1 aliphatic heterocycles. The number of guanidine groups is 1. The maximum absolute atomic E-state index is 14.3. The smallest absolute Gasteiger partial charge is 0.352 e. The molecule has 0 saturated carbocycles. The molecule has 29 heteroatoms. The number of carboxylic acid groups (broad SMARTS) is 1. The lowest BCUT2D eigenvalue weighted by Crippen LogP contribution is -2.61. The fraction of sp³-hybridized carbons (Fsp3) is 0.633. The van der Waals surface area contributed by atoms with Gasteiger partial charge >= 0.3 is 5.97 Å². The average Bonchev–Trinajstić information content (AvgIpc) is 3.92. The summed E-state index contributed by atoms with van der Waals surface area (Å²) in [6.07, 6.45) is 2.96. The third kappa shape index (κ3) is 24.1. The van der Waals surface area contributed by atoms with E-state index in [4.69, 9.17) is 50.6 Å². The van der Waals surface area contributed by atoms with Crippen LogP contribution in [-0.2, 0) is 49.6 Å². The highest BCUT2D eigenvalue weighted by Gasteiger charge is 2.40. The third-order valence-electron chi connectivity index (χ3n) is 12.5. The van der Waals surface area contributed by atoms with Crippen LogP contribution in [0.3, 0.4) is 0 Å². The van der Waals surface area contributed by atoms with Gasteiger partial charge in [-0.25, -0.2) is 4.79 Å². The van der Waals surface area contributed by atoms with Gasteiger partial charge in [0.1, 0.15) is 47.7 Å². The molecule has 0 aromatic heterocycles. The lowest BCUT2D eigenvalue weighted by molar-refractivity contribution is -0.142. The molecule has 1 aromatic carbocycles. The summed E-state index contributed by atoms with van der Waals surface area (Å²) in [7, 11) is 1.48. The van der Waals surface area contributed by atoms with Crippen molar-refractivity contribution in [2.24, 2.45) is 50.9 Å². The van der Waals surface area contributed by atoms with Gasteiger partial charge in [0, 0.05) is 26.1 Å². The quantitative estimate of drug-likeness (QED) is 0.0127. The number of unbranched alkanes of at least 4 members (excludes halogenated alkanes) is 2. The Labute approximate surface area is 454 Å². The predicted molar refractivity (Wildman–Crippen MR) is 289 cm³/mol. The molecule has 29 nitrogen and oxygen atoms in total. The summed E-state index contributed by atoms with van der Waals surface area (Å²) >= 11 is 0. The number of methoxy groups -OCH3 is 1. The Balaban J connectivity index is 2.33. The van der Waals surface area contributed by atoms with E-state index in [-0.39, 0.29) is 96.5 Å². The van der Waals surface area contributed by atoms with E-state index in [1.807, 2.05) is 0 Å². The van der Waals surface area contributed by atoms with Gasteiger partial charge in [-0.05, 0) is 121 Å². The molecule has 438 valence electrons. The van der Waals surface area contributed by atoms with Gasteiger partial charge in [-0.1, -0.05) is 24.6 Å². The number of aliphatic hydroxyl groups is 1. The molecule has 1 fully saturated rings. The number of hydrogen-bond acceptors (Lipinski definition) is 18. The summed E-state index contributed by atoms with van der Waals surface area (Å²) in [5.41, 5.74) is 45.2. The number of aliphatic imine (C=N–C) groups is 1. The fourth-order valence-electron chi connectivity index (χ4n) is 8.17. The molecule has 1 heterocycles. The molecule has 0 aliphatic carbocycles. The van der Waals surface area contributed by atoms with E-state index in [2.05, 4.69) is 42.2 Å². The molecule has 25 N–H and O–H groups in total. The Hall–Kier alpha value is -7.02. The second-order valence-electron chi connectivity index (χ2n) is 18.6. The summed E-state index contributed by atoms with van der Waals surface area (Å²) in [6.45, 7) is -0.0645. The number of nitrogens with one attached hydrogen (secondary N) is 7. The van der Waals surface area contributed by atoms with Gasteiger partial charge in [0.05, 0.1) is 25.8 Å². The second kappa shape index (κ2) is 36.9. The van der Waals surface area contributed by atoms with Crippen LogP contribution < -0.4 is 87.8 Å². The van der Waals surface area contributed by atoms with E-state index < -0.39 is 120 Å². The lowest BCUT2D eigenvalue weighted by atomic mass is 10.0. The zero-order valence-corrected chi connectivity index (χ0v) is 44.6. The largest absolute Gasteiger partial charge is 0.497 e. The molecule has 78 heavy (non-hydrogen) atoms. The van der Waals surface area contributed by atoms with Crippen molar-refractivity contribution in [3.63, 3.8) is 0 Å². The van der Waals surface area contributed by atoms with Gasteiger partial charge in [-0.2, -0.15) is 0 Å². The number of carbonyl (C=O) groups is 9. The molecule has 1 aromatic rings. The number of nitrogens with zero attached hydrogens (tertiary/aromatic N) is 2. The number of hydrogen-bond donors (Lipinski definition) is 17. The molecule has 0 radical (unpaired) electrons. The van der Waals surface area contributed by atoms with Crippen LogP contribution in [0.25, 0.3) is 0 Å². The van der Waals surface area contributed by atoms with Crippen molar-refractivity contribution in [3.8, 4) is 5.75 Å². The van der Waals surface area contributed by atoms with E-state index in [1.54, 1.807) is 24.3 Å². The fourth-order valence-corrected chi connectivity index (χ4v) is 8.17. The van der Waals surface area contributed by atoms with Crippen molar-refractivity contribution in [2.45, 2.75) is 138 Å². The number of ether oxygens (including phenoxy) is 1. The van der Waals surface area contributed by atoms with E-state index in [1.165, 1.54) is 18.1 Å². The minimum Gasteiger partial charge on any atom is -0.497 e. The molecular formula is C49H85N17O12. The van der Waals surface area contributed by atoms with Gasteiger partial charge in [-0.15, -0.1) is 0 Å². The Morgan fingerprint density at radius 3 is 1.90 bits per heavy atom. The monoisotopic (exact) mass is 1100 g/mol. The third-order valence-corrected chi connectivity index (χ3v) is 12.5. The number of rotatable bonds is 38. The van der Waals surface area contributed by atoms with Gasteiger partial charge in [0.15, 0.2) is 5.96 Å². The Morgan fingerprint density at radius 2 is 1.31 bits per heavy atom. The standard InChI is InChI=1S/C49H85N17O12/c1-78-30-18-16-29(17-19-30)26-36(44(72)61-33(11-3-5-21-51)43(71)63-35(48(76)77)14-8-24-58-49(56)57)64-45(73)37-15-9-25-66(37)47(75)34(13-7-23-53)60-39(68)28-59-42(70)32(12-6-22-52)62-46(74)40(38(67)27-54)65-41(69)31(55)10-2-4-20-50/h14,16-19,31-34,36-38,40,67H,2-13,15,20-28,50-55H2,1H3,(H,59,70)(H,60,68)(H,61,72)(H,62,74)(H,63,71)(H,64,73)(H,65,69)(H,76,77)(H4,56,57,58)/b35-14-/t31-,32-,33-,34+,36-,37-,38-,40-/m0/s1. The topological polar surface area (TPSA) is 511 Å². The van der Waals surface area contributed by atoms with Crippen LogP contribution in [-0.4, -0.2) is 182 Å². The molecule has 0 bridgehead atoms. The van der Waals surface area contributed by atoms with Crippen molar-refractivity contribution in [2.75, 3.05) is 59.5 Å². The molecular weight excluding hydrogens is 1020 g/mol. The van der Waals surface area contributed by atoms with Gasteiger partial charge in [-0.3, -0.25) is 43.3 Å². The first kappa shape index (κ1) is 67.1. The van der Waals surface area contributed by atoms with E-state index in [0.29, 0.717) is 50.0 Å². The van der Waals surface area contributed by atoms with Crippen LogP contribution in [0.15, 0.2) is 41.0 Å². The van der Waals surface area contributed by atoms with Crippen molar-refractivity contribution in [1.29, 1.82) is 0 Å².